The van der Waals surface area contributed by atoms with Gasteiger partial charge in [-0.1, -0.05) is 0 Å². The first-order valence-corrected chi connectivity index (χ1v) is 7.85. The molecule has 0 aromatic rings. The third-order valence-electron chi connectivity index (χ3n) is 4.00. The number of rotatable bonds is 2. The molecule has 5 nitrogen and oxygen atoms in total. The third kappa shape index (κ3) is 6.41. The summed E-state index contributed by atoms with van der Waals surface area (Å²) in [6.45, 7) is 12.8. The lowest BCUT2D eigenvalue weighted by Crippen LogP contribution is -2.51. The number of piperazine rings is 1. The van der Waals surface area contributed by atoms with Crippen molar-refractivity contribution in [3.63, 3.8) is 0 Å². The Morgan fingerprint density at radius 1 is 1.14 bits per heavy atom. The van der Waals surface area contributed by atoms with Crippen LogP contribution in [0.3, 0.4) is 0 Å². The molecule has 0 unspecified atom stereocenters. The van der Waals surface area contributed by atoms with Gasteiger partial charge in [-0.05, 0) is 52.6 Å². The fraction of sp³-hybridized carbons (Fsp3) is 0.933. The van der Waals surface area contributed by atoms with Crippen molar-refractivity contribution in [2.45, 2.75) is 39.2 Å². The molecule has 1 amide bonds. The summed E-state index contributed by atoms with van der Waals surface area (Å²) in [5.74, 6) is 0.823. The molecule has 124 valence electrons. The fourth-order valence-electron chi connectivity index (χ4n) is 2.87. The predicted molar refractivity (Wildman–Crippen MR) is 87.1 cm³/mol. The smallest absolute Gasteiger partial charge is 0.410 e. The first kappa shape index (κ1) is 18.5. The summed E-state index contributed by atoms with van der Waals surface area (Å²) in [4.78, 5) is 16.3. The summed E-state index contributed by atoms with van der Waals surface area (Å²) in [5.41, 5.74) is -0.399. The van der Waals surface area contributed by atoms with Crippen molar-refractivity contribution < 1.29 is 9.53 Å². The highest BCUT2D eigenvalue weighted by molar-refractivity contribution is 5.85. The summed E-state index contributed by atoms with van der Waals surface area (Å²) >= 11 is 0. The van der Waals surface area contributed by atoms with E-state index in [0.29, 0.717) is 0 Å². The standard InChI is InChI=1S/C15H29N3O2.ClH/c1-15(2,3)20-14(19)18-10-8-17(9-11-18)12-13-4-6-16-7-5-13;/h13,16H,4-12H2,1-3H3;1H. The zero-order valence-corrected chi connectivity index (χ0v) is 14.4. The summed E-state index contributed by atoms with van der Waals surface area (Å²) < 4.78 is 5.42. The normalized spacial score (nSPS) is 21.8. The van der Waals surface area contributed by atoms with Gasteiger partial charge in [0.25, 0.3) is 0 Å². The number of nitrogens with zero attached hydrogens (tertiary/aromatic N) is 2. The van der Waals surface area contributed by atoms with Gasteiger partial charge in [0, 0.05) is 32.7 Å². The maximum atomic E-state index is 12.0. The maximum Gasteiger partial charge on any atom is 0.410 e. The Bertz CT molecular complexity index is 319. The van der Waals surface area contributed by atoms with E-state index in [4.69, 9.17) is 4.74 Å². The van der Waals surface area contributed by atoms with Gasteiger partial charge in [0.2, 0.25) is 0 Å². The second-order valence-corrected chi connectivity index (χ2v) is 6.96. The third-order valence-corrected chi connectivity index (χ3v) is 4.00. The lowest BCUT2D eigenvalue weighted by molar-refractivity contribution is 0.0129. The van der Waals surface area contributed by atoms with E-state index in [-0.39, 0.29) is 18.5 Å². The SMILES string of the molecule is CC(C)(C)OC(=O)N1CCN(CC2CCNCC2)CC1.Cl. The van der Waals surface area contributed by atoms with Gasteiger partial charge in [-0.15, -0.1) is 12.4 Å². The average Bonchev–Trinajstić information content (AvgIpc) is 2.39. The Labute approximate surface area is 134 Å². The largest absolute Gasteiger partial charge is 0.444 e. The minimum Gasteiger partial charge on any atom is -0.444 e. The van der Waals surface area contributed by atoms with Gasteiger partial charge < -0.3 is 15.0 Å². The van der Waals surface area contributed by atoms with Crippen LogP contribution in [0.4, 0.5) is 4.79 Å². The number of halogens is 1. The molecule has 0 atom stereocenters. The summed E-state index contributed by atoms with van der Waals surface area (Å²) in [5, 5.41) is 3.41. The molecule has 21 heavy (non-hydrogen) atoms. The molecular formula is C15H30ClN3O2. The number of hydrogen-bond acceptors (Lipinski definition) is 4. The van der Waals surface area contributed by atoms with Gasteiger partial charge in [0.15, 0.2) is 0 Å². The van der Waals surface area contributed by atoms with Crippen LogP contribution >= 0.6 is 12.4 Å². The van der Waals surface area contributed by atoms with Crippen LogP contribution in [0.15, 0.2) is 0 Å². The van der Waals surface area contributed by atoms with Crippen molar-refractivity contribution in [1.82, 2.24) is 15.1 Å². The van der Waals surface area contributed by atoms with Gasteiger partial charge >= 0.3 is 6.09 Å². The van der Waals surface area contributed by atoms with E-state index >= 15 is 0 Å². The van der Waals surface area contributed by atoms with E-state index in [1.807, 2.05) is 25.7 Å². The summed E-state index contributed by atoms with van der Waals surface area (Å²) in [7, 11) is 0. The highest BCUT2D eigenvalue weighted by atomic mass is 35.5. The fourth-order valence-corrected chi connectivity index (χ4v) is 2.87. The van der Waals surface area contributed by atoms with Gasteiger partial charge in [-0.2, -0.15) is 0 Å². The van der Waals surface area contributed by atoms with Crippen LogP contribution < -0.4 is 5.32 Å². The predicted octanol–water partition coefficient (Wildman–Crippen LogP) is 1.96. The number of hydrogen-bond donors (Lipinski definition) is 1. The molecule has 0 bridgehead atoms. The van der Waals surface area contributed by atoms with Crippen molar-refractivity contribution in [1.29, 1.82) is 0 Å². The molecule has 2 fully saturated rings. The molecule has 2 aliphatic heterocycles. The van der Waals surface area contributed by atoms with Crippen molar-refractivity contribution in [2.24, 2.45) is 5.92 Å². The van der Waals surface area contributed by atoms with Gasteiger partial charge in [0.05, 0.1) is 0 Å². The van der Waals surface area contributed by atoms with Crippen LogP contribution in [0.2, 0.25) is 0 Å². The monoisotopic (exact) mass is 319 g/mol. The van der Waals surface area contributed by atoms with Gasteiger partial charge in [-0.25, -0.2) is 4.79 Å². The second kappa shape index (κ2) is 8.20. The Kier molecular flexibility index (Phi) is 7.24. The van der Waals surface area contributed by atoms with Crippen molar-refractivity contribution in [2.75, 3.05) is 45.8 Å². The van der Waals surface area contributed by atoms with Gasteiger partial charge in [-0.3, -0.25) is 4.90 Å². The van der Waals surface area contributed by atoms with E-state index in [1.165, 1.54) is 19.4 Å². The zero-order chi connectivity index (χ0) is 14.6. The van der Waals surface area contributed by atoms with Crippen LogP contribution in [-0.2, 0) is 4.74 Å². The molecule has 2 aliphatic rings. The highest BCUT2D eigenvalue weighted by Crippen LogP contribution is 2.16. The van der Waals surface area contributed by atoms with Crippen molar-refractivity contribution >= 4 is 18.5 Å². The van der Waals surface area contributed by atoms with E-state index in [0.717, 1.165) is 45.2 Å². The van der Waals surface area contributed by atoms with E-state index in [1.54, 1.807) is 0 Å². The molecule has 0 radical (unpaired) electrons. The number of carbonyl (C=O) groups excluding carboxylic acids is 1. The molecule has 0 aromatic heterocycles. The van der Waals surface area contributed by atoms with E-state index in [9.17, 15) is 4.79 Å². The van der Waals surface area contributed by atoms with Gasteiger partial charge in [0.1, 0.15) is 5.60 Å². The molecular weight excluding hydrogens is 290 g/mol. The minimum atomic E-state index is -0.399. The van der Waals surface area contributed by atoms with Crippen LogP contribution in [-0.4, -0.2) is 67.3 Å². The average molecular weight is 320 g/mol. The Morgan fingerprint density at radius 3 is 2.24 bits per heavy atom. The summed E-state index contributed by atoms with van der Waals surface area (Å²) in [6.07, 6.45) is 2.40. The topological polar surface area (TPSA) is 44.8 Å². The molecule has 0 spiro atoms. The maximum absolute atomic E-state index is 12.0. The highest BCUT2D eigenvalue weighted by Gasteiger charge is 2.27. The molecule has 0 saturated carbocycles. The first-order valence-electron chi connectivity index (χ1n) is 7.85. The van der Waals surface area contributed by atoms with E-state index in [2.05, 4.69) is 10.2 Å². The molecule has 6 heteroatoms. The van der Waals surface area contributed by atoms with Crippen molar-refractivity contribution in [3.05, 3.63) is 0 Å². The van der Waals surface area contributed by atoms with Crippen LogP contribution in [0, 0.1) is 5.92 Å². The number of piperidine rings is 1. The lowest BCUT2D eigenvalue weighted by atomic mass is 9.97. The number of carbonyl (C=O) groups is 1. The molecule has 0 aromatic carbocycles. The lowest BCUT2D eigenvalue weighted by Gasteiger charge is -2.37. The quantitative estimate of drug-likeness (QED) is 0.845. The zero-order valence-electron chi connectivity index (χ0n) is 13.6. The second-order valence-electron chi connectivity index (χ2n) is 6.96. The Hall–Kier alpha value is -0.520. The molecule has 2 saturated heterocycles. The van der Waals surface area contributed by atoms with Crippen LogP contribution in [0.25, 0.3) is 0 Å². The number of nitrogens with one attached hydrogen (secondary N) is 1. The van der Waals surface area contributed by atoms with Crippen LogP contribution in [0.5, 0.6) is 0 Å². The number of ether oxygens (including phenoxy) is 1. The van der Waals surface area contributed by atoms with Crippen LogP contribution in [0.1, 0.15) is 33.6 Å². The molecule has 0 aliphatic carbocycles. The Balaban J connectivity index is 0.00000220. The molecule has 2 rings (SSSR count). The Morgan fingerprint density at radius 2 is 1.71 bits per heavy atom. The van der Waals surface area contributed by atoms with Crippen molar-refractivity contribution in [3.8, 4) is 0 Å². The minimum absolute atomic E-state index is 0. The number of amides is 1. The first-order chi connectivity index (χ1) is 9.44. The molecule has 2 heterocycles. The summed E-state index contributed by atoms with van der Waals surface area (Å²) in [6, 6.07) is 0. The van der Waals surface area contributed by atoms with E-state index < -0.39 is 5.60 Å². The molecule has 1 N–H and O–H groups in total.